The summed E-state index contributed by atoms with van der Waals surface area (Å²) in [7, 11) is 0. The van der Waals surface area contributed by atoms with Crippen molar-refractivity contribution in [1.29, 1.82) is 0 Å². The van der Waals surface area contributed by atoms with Gasteiger partial charge in [-0.1, -0.05) is 40.2 Å². The van der Waals surface area contributed by atoms with Gasteiger partial charge in [0.2, 0.25) is 0 Å². The number of halogens is 1. The number of carbonyl (C=O) groups excluding carboxylic acids is 1. The molecule has 24 heavy (non-hydrogen) atoms. The van der Waals surface area contributed by atoms with Crippen molar-refractivity contribution in [1.82, 2.24) is 5.32 Å². The molecule has 3 rings (SSSR count). The molecule has 1 aliphatic rings. The maximum Gasteiger partial charge on any atom is 0.258 e. The second-order valence-electron chi connectivity index (χ2n) is 6.37. The molecule has 0 radical (unpaired) electrons. The Morgan fingerprint density at radius 2 is 1.96 bits per heavy atom. The highest BCUT2D eigenvalue weighted by atomic mass is 79.9. The Balaban J connectivity index is 1.61. The van der Waals surface area contributed by atoms with Crippen LogP contribution in [0.3, 0.4) is 0 Å². The van der Waals surface area contributed by atoms with E-state index in [9.17, 15) is 4.79 Å². The van der Waals surface area contributed by atoms with E-state index < -0.39 is 0 Å². The van der Waals surface area contributed by atoms with Crippen LogP contribution in [0.5, 0.6) is 5.75 Å². The molecular weight excluding hydrogens is 366 g/mol. The van der Waals surface area contributed by atoms with Crippen LogP contribution in [0.1, 0.15) is 41.1 Å². The molecule has 0 bridgehead atoms. The highest BCUT2D eigenvalue weighted by molar-refractivity contribution is 9.10. The number of hydrogen-bond acceptors (Lipinski definition) is 2. The number of amides is 1. The fourth-order valence-electron chi connectivity index (χ4n) is 3.28. The zero-order chi connectivity index (χ0) is 17.1. The number of rotatable bonds is 4. The van der Waals surface area contributed by atoms with Gasteiger partial charge in [-0.3, -0.25) is 4.79 Å². The summed E-state index contributed by atoms with van der Waals surface area (Å²) in [5.41, 5.74) is 4.79. The van der Waals surface area contributed by atoms with Crippen molar-refractivity contribution >= 4 is 21.8 Å². The molecule has 3 nitrogen and oxygen atoms in total. The third-order valence-corrected chi connectivity index (χ3v) is 5.74. The first-order valence-electron chi connectivity index (χ1n) is 8.31. The molecule has 0 heterocycles. The van der Waals surface area contributed by atoms with Gasteiger partial charge in [-0.05, 0) is 67.5 Å². The zero-order valence-corrected chi connectivity index (χ0v) is 15.7. The molecule has 1 amide bonds. The molecule has 0 fully saturated rings. The standard InChI is InChI=1S/C20H22BrNO2/c1-13-10-16(11-14(2)20(13)21)24-12-19(23)22-18-9-5-7-15-6-3-4-8-17(15)18/h3-4,6,8,10-11,18H,5,7,9,12H2,1-2H3,(H,22,23)/t18-/m1/s1. The molecular formula is C20H22BrNO2. The Morgan fingerprint density at radius 1 is 1.25 bits per heavy atom. The summed E-state index contributed by atoms with van der Waals surface area (Å²) in [4.78, 5) is 12.3. The van der Waals surface area contributed by atoms with E-state index in [2.05, 4.69) is 39.4 Å². The second kappa shape index (κ2) is 7.39. The van der Waals surface area contributed by atoms with Gasteiger partial charge in [0.1, 0.15) is 5.75 Å². The van der Waals surface area contributed by atoms with Crippen LogP contribution in [0.15, 0.2) is 40.9 Å². The van der Waals surface area contributed by atoms with Crippen LogP contribution in [0.2, 0.25) is 0 Å². The van der Waals surface area contributed by atoms with E-state index in [0.29, 0.717) is 0 Å². The SMILES string of the molecule is Cc1cc(OCC(=O)N[C@@H]2CCCc3ccccc32)cc(C)c1Br. The van der Waals surface area contributed by atoms with Crippen molar-refractivity contribution in [2.45, 2.75) is 39.2 Å². The molecule has 0 unspecified atom stereocenters. The fourth-order valence-corrected chi connectivity index (χ4v) is 3.51. The quantitative estimate of drug-likeness (QED) is 0.829. The number of nitrogens with one attached hydrogen (secondary N) is 1. The molecule has 1 N–H and O–H groups in total. The van der Waals surface area contributed by atoms with Gasteiger partial charge in [0, 0.05) is 4.47 Å². The lowest BCUT2D eigenvalue weighted by molar-refractivity contribution is -0.123. The molecule has 0 saturated heterocycles. The molecule has 4 heteroatoms. The number of carbonyl (C=O) groups is 1. The van der Waals surface area contributed by atoms with E-state index in [1.54, 1.807) is 0 Å². The highest BCUT2D eigenvalue weighted by Gasteiger charge is 2.21. The van der Waals surface area contributed by atoms with E-state index in [0.717, 1.165) is 40.6 Å². The van der Waals surface area contributed by atoms with E-state index in [-0.39, 0.29) is 18.6 Å². The van der Waals surface area contributed by atoms with Crippen molar-refractivity contribution < 1.29 is 9.53 Å². The first-order chi connectivity index (χ1) is 11.5. The summed E-state index contributed by atoms with van der Waals surface area (Å²) in [5.74, 6) is 0.655. The summed E-state index contributed by atoms with van der Waals surface area (Å²) >= 11 is 3.54. The first kappa shape index (κ1) is 17.0. The molecule has 1 atom stereocenters. The minimum atomic E-state index is -0.0741. The molecule has 0 spiro atoms. The average Bonchev–Trinajstić information content (AvgIpc) is 2.58. The molecule has 0 saturated carbocycles. The van der Waals surface area contributed by atoms with E-state index in [4.69, 9.17) is 4.74 Å². The summed E-state index contributed by atoms with van der Waals surface area (Å²) in [6.45, 7) is 4.07. The molecule has 1 aliphatic carbocycles. The van der Waals surface area contributed by atoms with Crippen LogP contribution in [-0.4, -0.2) is 12.5 Å². The largest absolute Gasteiger partial charge is 0.484 e. The van der Waals surface area contributed by atoms with E-state index in [1.807, 2.05) is 32.0 Å². The molecule has 2 aromatic carbocycles. The van der Waals surface area contributed by atoms with Crippen molar-refractivity contribution in [3.8, 4) is 5.75 Å². The predicted octanol–water partition coefficient (Wildman–Crippen LogP) is 4.64. The Morgan fingerprint density at radius 3 is 2.71 bits per heavy atom. The highest BCUT2D eigenvalue weighted by Crippen LogP contribution is 2.29. The predicted molar refractivity (Wildman–Crippen MR) is 99.4 cm³/mol. The monoisotopic (exact) mass is 387 g/mol. The van der Waals surface area contributed by atoms with Crippen LogP contribution in [0.25, 0.3) is 0 Å². The van der Waals surface area contributed by atoms with Crippen LogP contribution in [0, 0.1) is 13.8 Å². The normalized spacial score (nSPS) is 16.4. The summed E-state index contributed by atoms with van der Waals surface area (Å²) in [6, 6.07) is 12.3. The smallest absolute Gasteiger partial charge is 0.258 e. The fraction of sp³-hybridized carbons (Fsp3) is 0.350. The second-order valence-corrected chi connectivity index (χ2v) is 7.16. The van der Waals surface area contributed by atoms with Gasteiger partial charge in [-0.15, -0.1) is 0 Å². The minimum absolute atomic E-state index is 0.0409. The van der Waals surface area contributed by atoms with Gasteiger partial charge in [0.25, 0.3) is 5.91 Å². The van der Waals surface area contributed by atoms with Gasteiger partial charge < -0.3 is 10.1 Å². The number of ether oxygens (including phenoxy) is 1. The summed E-state index contributed by atoms with van der Waals surface area (Å²) in [5, 5.41) is 3.11. The number of hydrogen-bond donors (Lipinski definition) is 1. The summed E-state index contributed by atoms with van der Waals surface area (Å²) < 4.78 is 6.76. The van der Waals surface area contributed by atoms with Crippen LogP contribution >= 0.6 is 15.9 Å². The molecule has 126 valence electrons. The number of fused-ring (bicyclic) bond motifs is 1. The van der Waals surface area contributed by atoms with Crippen LogP contribution < -0.4 is 10.1 Å². The average molecular weight is 388 g/mol. The Bertz CT molecular complexity index is 734. The third kappa shape index (κ3) is 3.81. The first-order valence-corrected chi connectivity index (χ1v) is 9.10. The van der Waals surface area contributed by atoms with Gasteiger partial charge >= 0.3 is 0 Å². The third-order valence-electron chi connectivity index (χ3n) is 4.48. The van der Waals surface area contributed by atoms with Crippen molar-refractivity contribution in [3.05, 3.63) is 63.1 Å². The maximum atomic E-state index is 12.3. The summed E-state index contributed by atoms with van der Waals surface area (Å²) in [6.07, 6.45) is 3.18. The van der Waals surface area contributed by atoms with Crippen molar-refractivity contribution in [3.63, 3.8) is 0 Å². The minimum Gasteiger partial charge on any atom is -0.484 e. The lowest BCUT2D eigenvalue weighted by Gasteiger charge is -2.26. The topological polar surface area (TPSA) is 38.3 Å². The molecule has 0 aromatic heterocycles. The number of aryl methyl sites for hydroxylation is 3. The lowest BCUT2D eigenvalue weighted by atomic mass is 9.88. The van der Waals surface area contributed by atoms with Crippen molar-refractivity contribution in [2.24, 2.45) is 0 Å². The Kier molecular flexibility index (Phi) is 5.24. The Labute approximate surface area is 151 Å². The van der Waals surface area contributed by atoms with Gasteiger partial charge in [0.05, 0.1) is 6.04 Å². The maximum absolute atomic E-state index is 12.3. The van der Waals surface area contributed by atoms with Crippen LogP contribution in [0.4, 0.5) is 0 Å². The molecule has 2 aromatic rings. The van der Waals surface area contributed by atoms with E-state index >= 15 is 0 Å². The Hall–Kier alpha value is -1.81. The van der Waals surface area contributed by atoms with Crippen molar-refractivity contribution in [2.75, 3.05) is 6.61 Å². The van der Waals surface area contributed by atoms with Gasteiger partial charge in [0.15, 0.2) is 6.61 Å². The van der Waals surface area contributed by atoms with Gasteiger partial charge in [-0.25, -0.2) is 0 Å². The van der Waals surface area contributed by atoms with Crippen LogP contribution in [-0.2, 0) is 11.2 Å². The van der Waals surface area contributed by atoms with Gasteiger partial charge in [-0.2, -0.15) is 0 Å². The number of benzene rings is 2. The van der Waals surface area contributed by atoms with E-state index in [1.165, 1.54) is 11.1 Å². The zero-order valence-electron chi connectivity index (χ0n) is 14.1. The molecule has 0 aliphatic heterocycles. The lowest BCUT2D eigenvalue weighted by Crippen LogP contribution is -2.34.